The number of hydrogen-bond donors (Lipinski definition) is 2. The first-order valence-electron chi connectivity index (χ1n) is 7.25. The maximum Gasteiger partial charge on any atom is 0.241 e. The molecule has 0 aliphatic heterocycles. The van der Waals surface area contributed by atoms with Gasteiger partial charge in [-0.05, 0) is 38.2 Å². The van der Waals surface area contributed by atoms with Crippen LogP contribution in [-0.4, -0.2) is 26.0 Å². The third-order valence-corrected chi connectivity index (χ3v) is 5.35. The van der Waals surface area contributed by atoms with E-state index >= 15 is 0 Å². The van der Waals surface area contributed by atoms with Crippen molar-refractivity contribution in [3.8, 4) is 0 Å². The second-order valence-electron chi connectivity index (χ2n) is 5.40. The summed E-state index contributed by atoms with van der Waals surface area (Å²) in [5, 5.41) is 3.10. The molecule has 0 aromatic carbocycles. The van der Waals surface area contributed by atoms with Gasteiger partial charge in [0.05, 0.1) is 4.90 Å². The first kappa shape index (κ1) is 15.3. The number of nitrogens with zero attached hydrogens (tertiary/aromatic N) is 1. The van der Waals surface area contributed by atoms with Gasteiger partial charge in [0.2, 0.25) is 10.0 Å². The molecule has 2 rings (SSSR count). The van der Waals surface area contributed by atoms with Crippen molar-refractivity contribution in [3.05, 3.63) is 18.3 Å². The van der Waals surface area contributed by atoms with E-state index in [0.29, 0.717) is 11.7 Å². The van der Waals surface area contributed by atoms with Crippen molar-refractivity contribution in [2.75, 3.05) is 11.9 Å². The lowest BCUT2D eigenvalue weighted by atomic mass is 9.81. The van der Waals surface area contributed by atoms with Crippen molar-refractivity contribution in [1.82, 2.24) is 9.71 Å². The molecule has 1 aliphatic rings. The van der Waals surface area contributed by atoms with E-state index in [4.69, 9.17) is 0 Å². The van der Waals surface area contributed by atoms with Gasteiger partial charge in [-0.25, -0.2) is 18.1 Å². The zero-order valence-electron chi connectivity index (χ0n) is 12.1. The van der Waals surface area contributed by atoms with E-state index in [9.17, 15) is 8.42 Å². The molecular weight excluding hydrogens is 274 g/mol. The van der Waals surface area contributed by atoms with Gasteiger partial charge in [0.25, 0.3) is 0 Å². The smallest absolute Gasteiger partial charge is 0.241 e. The molecule has 0 spiro atoms. The Morgan fingerprint density at radius 2 is 2.20 bits per heavy atom. The van der Waals surface area contributed by atoms with E-state index in [0.717, 1.165) is 25.8 Å². The third kappa shape index (κ3) is 3.70. The van der Waals surface area contributed by atoms with Crippen molar-refractivity contribution < 1.29 is 8.42 Å². The molecule has 6 heteroatoms. The quantitative estimate of drug-likeness (QED) is 0.810. The topological polar surface area (TPSA) is 71.1 Å². The Kier molecular flexibility index (Phi) is 4.99. The largest absolute Gasteiger partial charge is 0.370 e. The van der Waals surface area contributed by atoms with Gasteiger partial charge in [-0.1, -0.05) is 13.3 Å². The summed E-state index contributed by atoms with van der Waals surface area (Å²) in [4.78, 5) is 4.40. The fraction of sp³-hybridized carbons (Fsp3) is 0.643. The number of anilines is 1. The number of sulfonamides is 1. The monoisotopic (exact) mass is 297 g/mol. The summed E-state index contributed by atoms with van der Waals surface area (Å²) in [5.41, 5.74) is 0. The number of nitrogens with one attached hydrogen (secondary N) is 2. The highest BCUT2D eigenvalue weighted by atomic mass is 32.2. The predicted molar refractivity (Wildman–Crippen MR) is 80.1 cm³/mol. The van der Waals surface area contributed by atoms with Crippen molar-refractivity contribution in [3.63, 3.8) is 0 Å². The van der Waals surface area contributed by atoms with Gasteiger partial charge in [-0.2, -0.15) is 0 Å². The maximum absolute atomic E-state index is 12.3. The number of rotatable bonds is 7. The summed E-state index contributed by atoms with van der Waals surface area (Å²) >= 11 is 0. The predicted octanol–water partition coefficient (Wildman–Crippen LogP) is 2.37. The van der Waals surface area contributed by atoms with Gasteiger partial charge in [0.15, 0.2) is 0 Å². The minimum Gasteiger partial charge on any atom is -0.370 e. The van der Waals surface area contributed by atoms with E-state index in [1.165, 1.54) is 18.7 Å². The molecule has 1 atom stereocenters. The summed E-state index contributed by atoms with van der Waals surface area (Å²) in [6.07, 6.45) is 5.93. The van der Waals surface area contributed by atoms with Crippen LogP contribution in [0.4, 0.5) is 5.82 Å². The first-order chi connectivity index (χ1) is 9.53. The molecular formula is C14H23N3O2S. The molecule has 1 aromatic rings. The van der Waals surface area contributed by atoms with Crippen LogP contribution < -0.4 is 10.0 Å². The summed E-state index contributed by atoms with van der Waals surface area (Å²) in [5.74, 6) is 1.08. The SMILES string of the molecule is CCCNc1cc(S(=O)(=O)NC(C)C2CCC2)ccn1. The first-order valence-corrected chi connectivity index (χ1v) is 8.73. The molecule has 0 saturated heterocycles. The zero-order valence-corrected chi connectivity index (χ0v) is 12.9. The highest BCUT2D eigenvalue weighted by Gasteiger charge is 2.28. The van der Waals surface area contributed by atoms with Crippen LogP contribution in [0, 0.1) is 5.92 Å². The molecule has 2 N–H and O–H groups in total. The summed E-state index contributed by atoms with van der Waals surface area (Å²) in [6.45, 7) is 4.77. The zero-order chi connectivity index (χ0) is 14.6. The molecule has 5 nitrogen and oxygen atoms in total. The number of pyridine rings is 1. The molecule has 1 aromatic heterocycles. The Morgan fingerprint density at radius 3 is 2.80 bits per heavy atom. The van der Waals surface area contributed by atoms with E-state index in [-0.39, 0.29) is 10.9 Å². The number of aromatic nitrogens is 1. The molecule has 1 heterocycles. The Labute approximate surface area is 121 Å². The lowest BCUT2D eigenvalue weighted by Crippen LogP contribution is -2.40. The molecule has 20 heavy (non-hydrogen) atoms. The van der Waals surface area contributed by atoms with Gasteiger partial charge in [0.1, 0.15) is 5.82 Å². The van der Waals surface area contributed by atoms with Gasteiger partial charge >= 0.3 is 0 Å². The Morgan fingerprint density at radius 1 is 1.45 bits per heavy atom. The van der Waals surface area contributed by atoms with E-state index in [1.54, 1.807) is 6.07 Å². The van der Waals surface area contributed by atoms with Crippen molar-refractivity contribution in [2.24, 2.45) is 5.92 Å². The van der Waals surface area contributed by atoms with Crippen LogP contribution in [0.15, 0.2) is 23.2 Å². The molecule has 1 saturated carbocycles. The minimum atomic E-state index is -3.46. The second kappa shape index (κ2) is 6.54. The van der Waals surface area contributed by atoms with E-state index in [1.807, 2.05) is 6.92 Å². The number of hydrogen-bond acceptors (Lipinski definition) is 4. The summed E-state index contributed by atoms with van der Waals surface area (Å²) < 4.78 is 27.5. The fourth-order valence-corrected chi connectivity index (χ4v) is 3.60. The Hall–Kier alpha value is -1.14. The van der Waals surface area contributed by atoms with Gasteiger partial charge in [-0.3, -0.25) is 0 Å². The van der Waals surface area contributed by atoms with Crippen LogP contribution in [0.5, 0.6) is 0 Å². The van der Waals surface area contributed by atoms with Crippen molar-refractivity contribution >= 4 is 15.8 Å². The summed E-state index contributed by atoms with van der Waals surface area (Å²) in [7, 11) is -3.46. The second-order valence-corrected chi connectivity index (χ2v) is 7.12. The molecule has 112 valence electrons. The average Bonchev–Trinajstić information content (AvgIpc) is 2.34. The van der Waals surface area contributed by atoms with Crippen LogP contribution in [-0.2, 0) is 10.0 Å². The Bertz CT molecular complexity index is 541. The molecule has 1 unspecified atom stereocenters. The van der Waals surface area contributed by atoms with Crippen molar-refractivity contribution in [2.45, 2.75) is 50.5 Å². The fourth-order valence-electron chi connectivity index (χ4n) is 2.28. The van der Waals surface area contributed by atoms with Gasteiger partial charge < -0.3 is 5.32 Å². The Balaban J connectivity index is 2.07. The van der Waals surface area contributed by atoms with Crippen LogP contribution in [0.2, 0.25) is 0 Å². The lowest BCUT2D eigenvalue weighted by Gasteiger charge is -2.31. The van der Waals surface area contributed by atoms with Crippen LogP contribution in [0.25, 0.3) is 0 Å². The highest BCUT2D eigenvalue weighted by Crippen LogP contribution is 2.30. The average molecular weight is 297 g/mol. The molecule has 1 aliphatic carbocycles. The summed E-state index contributed by atoms with van der Waals surface area (Å²) in [6, 6.07) is 3.12. The van der Waals surface area contributed by atoms with E-state index < -0.39 is 10.0 Å². The van der Waals surface area contributed by atoms with E-state index in [2.05, 4.69) is 21.9 Å². The molecule has 0 bridgehead atoms. The molecule has 0 radical (unpaired) electrons. The lowest BCUT2D eigenvalue weighted by molar-refractivity contribution is 0.260. The normalized spacial score (nSPS) is 17.5. The van der Waals surface area contributed by atoms with Crippen molar-refractivity contribution in [1.29, 1.82) is 0 Å². The molecule has 1 fully saturated rings. The van der Waals surface area contributed by atoms with Crippen LogP contribution in [0.3, 0.4) is 0 Å². The van der Waals surface area contributed by atoms with Crippen LogP contribution in [0.1, 0.15) is 39.5 Å². The molecule has 0 amide bonds. The van der Waals surface area contributed by atoms with Crippen LogP contribution >= 0.6 is 0 Å². The maximum atomic E-state index is 12.3. The third-order valence-electron chi connectivity index (χ3n) is 3.80. The van der Waals surface area contributed by atoms with Gasteiger partial charge in [0, 0.05) is 24.8 Å². The standard InChI is InChI=1S/C14H23N3O2S/c1-3-8-15-14-10-13(7-9-16-14)20(18,19)17-11(2)12-5-4-6-12/h7,9-12,17H,3-6,8H2,1-2H3,(H,15,16). The minimum absolute atomic E-state index is 0.00559. The highest BCUT2D eigenvalue weighted by molar-refractivity contribution is 7.89. The van der Waals surface area contributed by atoms with Gasteiger partial charge in [-0.15, -0.1) is 0 Å².